The molecule has 0 aromatic heterocycles. The van der Waals surface area contributed by atoms with Crippen molar-refractivity contribution in [2.75, 3.05) is 13.2 Å². The van der Waals surface area contributed by atoms with Gasteiger partial charge in [-0.1, -0.05) is 219 Å². The van der Waals surface area contributed by atoms with Crippen LogP contribution < -0.4 is 5.32 Å². The Bertz CT molecular complexity index is 832. The van der Waals surface area contributed by atoms with E-state index in [0.717, 1.165) is 70.6 Å². The fraction of sp³-hybridized carbons (Fsp3) is 0.920. The van der Waals surface area contributed by atoms with Crippen molar-refractivity contribution in [2.45, 2.75) is 283 Å². The van der Waals surface area contributed by atoms with E-state index in [1.807, 2.05) is 0 Å². The van der Waals surface area contributed by atoms with Crippen LogP contribution in [-0.2, 0) is 14.3 Å². The van der Waals surface area contributed by atoms with Gasteiger partial charge in [0.25, 0.3) is 0 Å². The first-order valence-corrected chi connectivity index (χ1v) is 24.9. The number of rotatable bonds is 46. The fourth-order valence-corrected chi connectivity index (χ4v) is 7.69. The maximum absolute atomic E-state index is 12.4. The van der Waals surface area contributed by atoms with Gasteiger partial charge in [-0.2, -0.15) is 0 Å². The fourth-order valence-electron chi connectivity index (χ4n) is 7.69. The van der Waals surface area contributed by atoms with Crippen molar-refractivity contribution < 1.29 is 24.5 Å². The first kappa shape index (κ1) is 54.6. The molecule has 2 atom stereocenters. The molecule has 0 aromatic carbocycles. The molecule has 0 aliphatic rings. The van der Waals surface area contributed by atoms with E-state index in [1.54, 1.807) is 0 Å². The third-order valence-electron chi connectivity index (χ3n) is 11.6. The summed E-state index contributed by atoms with van der Waals surface area (Å²) >= 11 is 0. The van der Waals surface area contributed by atoms with Crippen LogP contribution in [0.2, 0.25) is 0 Å². The number of allylic oxidation sites excluding steroid dienone is 2. The number of nitrogens with one attached hydrogen (secondary N) is 1. The number of aliphatic hydroxyl groups is 2. The summed E-state index contributed by atoms with van der Waals surface area (Å²) in [5.74, 6) is -0.0597. The van der Waals surface area contributed by atoms with Gasteiger partial charge in [-0.3, -0.25) is 9.59 Å². The van der Waals surface area contributed by atoms with Crippen LogP contribution in [0.15, 0.2) is 12.2 Å². The van der Waals surface area contributed by atoms with Crippen molar-refractivity contribution in [1.29, 1.82) is 0 Å². The van der Waals surface area contributed by atoms with E-state index in [9.17, 15) is 19.8 Å². The Kier molecular flexibility index (Phi) is 45.1. The highest BCUT2D eigenvalue weighted by molar-refractivity contribution is 5.76. The van der Waals surface area contributed by atoms with Crippen molar-refractivity contribution in [2.24, 2.45) is 0 Å². The molecule has 0 aliphatic heterocycles. The Morgan fingerprint density at radius 2 is 0.839 bits per heavy atom. The number of esters is 1. The van der Waals surface area contributed by atoms with Crippen LogP contribution in [0.5, 0.6) is 0 Å². The highest BCUT2D eigenvalue weighted by atomic mass is 16.5. The van der Waals surface area contributed by atoms with Gasteiger partial charge in [0.1, 0.15) is 0 Å². The van der Waals surface area contributed by atoms with Gasteiger partial charge in [-0.05, 0) is 51.4 Å². The SMILES string of the molecule is CCCCCCCCCCCCCCCCC(=O)OCCCCCC/C=C\CCCCCCCCCC(=O)NC(CO)C(O)CCCCCCCCCCCC. The molecule has 332 valence electrons. The summed E-state index contributed by atoms with van der Waals surface area (Å²) < 4.78 is 5.45. The van der Waals surface area contributed by atoms with E-state index in [1.165, 1.54) is 167 Å². The highest BCUT2D eigenvalue weighted by Crippen LogP contribution is 2.16. The molecule has 0 saturated carbocycles. The Morgan fingerprint density at radius 1 is 0.482 bits per heavy atom. The van der Waals surface area contributed by atoms with E-state index in [2.05, 4.69) is 31.3 Å². The van der Waals surface area contributed by atoms with E-state index in [0.29, 0.717) is 25.9 Å². The molecule has 0 spiro atoms. The van der Waals surface area contributed by atoms with Crippen LogP contribution in [0, 0.1) is 0 Å². The average Bonchev–Trinajstić information content (AvgIpc) is 3.20. The van der Waals surface area contributed by atoms with E-state index >= 15 is 0 Å². The largest absolute Gasteiger partial charge is 0.466 e. The molecule has 0 saturated heterocycles. The first-order chi connectivity index (χ1) is 27.5. The van der Waals surface area contributed by atoms with Gasteiger partial charge < -0.3 is 20.3 Å². The summed E-state index contributed by atoms with van der Waals surface area (Å²) in [4.78, 5) is 24.4. The summed E-state index contributed by atoms with van der Waals surface area (Å²) in [6, 6.07) is -0.550. The average molecular weight is 792 g/mol. The molecule has 0 rings (SSSR count). The molecule has 6 heteroatoms. The minimum Gasteiger partial charge on any atom is -0.466 e. The summed E-state index contributed by atoms with van der Waals surface area (Å²) in [5.41, 5.74) is 0. The minimum atomic E-state index is -0.671. The predicted molar refractivity (Wildman–Crippen MR) is 241 cm³/mol. The molecular weight excluding hydrogens is 695 g/mol. The Morgan fingerprint density at radius 3 is 1.27 bits per heavy atom. The van der Waals surface area contributed by atoms with E-state index < -0.39 is 12.1 Å². The standard InChI is InChI=1S/C50H97NO5/c1-3-5-7-9-11-13-15-16-21-24-28-32-36-40-44-50(55)56-45-41-37-33-29-25-22-19-17-18-20-23-27-31-35-39-43-49(54)51-47(46-52)48(53)42-38-34-30-26-14-12-10-8-6-4-2/h19,22,47-48,52-53H,3-18,20-21,23-46H2,1-2H3,(H,51,54)/b22-19-. The summed E-state index contributed by atoms with van der Waals surface area (Å²) in [5, 5.41) is 23.1. The van der Waals surface area contributed by atoms with Gasteiger partial charge >= 0.3 is 5.97 Å². The topological polar surface area (TPSA) is 95.9 Å². The van der Waals surface area contributed by atoms with Crippen molar-refractivity contribution in [3.8, 4) is 0 Å². The Balaban J connectivity index is 3.45. The van der Waals surface area contributed by atoms with Crippen molar-refractivity contribution in [1.82, 2.24) is 5.32 Å². The maximum Gasteiger partial charge on any atom is 0.305 e. The van der Waals surface area contributed by atoms with Gasteiger partial charge in [0.05, 0.1) is 25.4 Å². The summed E-state index contributed by atoms with van der Waals surface area (Å²) in [7, 11) is 0. The lowest BCUT2D eigenvalue weighted by atomic mass is 10.0. The van der Waals surface area contributed by atoms with E-state index in [-0.39, 0.29) is 18.5 Å². The normalized spacial score (nSPS) is 12.7. The zero-order valence-corrected chi connectivity index (χ0v) is 37.6. The number of unbranched alkanes of at least 4 members (excludes halogenated alkanes) is 33. The monoisotopic (exact) mass is 792 g/mol. The molecule has 0 aromatic rings. The van der Waals surface area contributed by atoms with Gasteiger partial charge in [-0.25, -0.2) is 0 Å². The van der Waals surface area contributed by atoms with Crippen LogP contribution >= 0.6 is 0 Å². The molecule has 0 bridgehead atoms. The van der Waals surface area contributed by atoms with Crippen LogP contribution in [0.1, 0.15) is 271 Å². The second-order valence-electron chi connectivity index (χ2n) is 17.1. The number of amides is 1. The molecule has 0 aliphatic carbocycles. The maximum atomic E-state index is 12.4. The summed E-state index contributed by atoms with van der Waals surface area (Å²) in [6.07, 6.45) is 51.8. The second-order valence-corrected chi connectivity index (χ2v) is 17.1. The number of carbonyl (C=O) groups excluding carboxylic acids is 2. The lowest BCUT2D eigenvalue weighted by Crippen LogP contribution is -2.45. The van der Waals surface area contributed by atoms with Crippen molar-refractivity contribution in [3.05, 3.63) is 12.2 Å². The van der Waals surface area contributed by atoms with Crippen molar-refractivity contribution in [3.63, 3.8) is 0 Å². The van der Waals surface area contributed by atoms with Gasteiger partial charge in [0.2, 0.25) is 5.91 Å². The molecule has 2 unspecified atom stereocenters. The molecule has 0 radical (unpaired) electrons. The molecule has 56 heavy (non-hydrogen) atoms. The third-order valence-corrected chi connectivity index (χ3v) is 11.6. The van der Waals surface area contributed by atoms with E-state index in [4.69, 9.17) is 4.74 Å². The zero-order valence-electron chi connectivity index (χ0n) is 37.6. The molecule has 6 nitrogen and oxygen atoms in total. The number of ether oxygens (including phenoxy) is 1. The molecule has 1 amide bonds. The Labute approximate surface area is 349 Å². The highest BCUT2D eigenvalue weighted by Gasteiger charge is 2.20. The number of aliphatic hydroxyl groups excluding tert-OH is 2. The quantitative estimate of drug-likeness (QED) is 0.0324. The first-order valence-electron chi connectivity index (χ1n) is 24.9. The Hall–Kier alpha value is -1.40. The molecule has 0 heterocycles. The van der Waals surface area contributed by atoms with Crippen molar-refractivity contribution >= 4 is 11.9 Å². The van der Waals surface area contributed by atoms with Gasteiger partial charge in [0, 0.05) is 12.8 Å². The van der Waals surface area contributed by atoms with Crippen LogP contribution in [-0.4, -0.2) is 47.4 Å². The number of hydrogen-bond donors (Lipinski definition) is 3. The lowest BCUT2D eigenvalue weighted by molar-refractivity contribution is -0.143. The third kappa shape index (κ3) is 42.2. The van der Waals surface area contributed by atoms with Crippen LogP contribution in [0.3, 0.4) is 0 Å². The second kappa shape index (κ2) is 46.3. The molecular formula is C50H97NO5. The predicted octanol–water partition coefficient (Wildman–Crippen LogP) is 14.6. The van der Waals surface area contributed by atoms with Crippen LogP contribution in [0.25, 0.3) is 0 Å². The zero-order chi connectivity index (χ0) is 40.8. The molecule has 0 fully saturated rings. The van der Waals surface area contributed by atoms with Gasteiger partial charge in [0.15, 0.2) is 0 Å². The summed E-state index contributed by atoms with van der Waals surface area (Å²) in [6.45, 7) is 4.90. The minimum absolute atomic E-state index is 0.00807. The van der Waals surface area contributed by atoms with Gasteiger partial charge in [-0.15, -0.1) is 0 Å². The smallest absolute Gasteiger partial charge is 0.305 e. The van der Waals surface area contributed by atoms with Crippen LogP contribution in [0.4, 0.5) is 0 Å². The number of carbonyl (C=O) groups is 2. The number of hydrogen-bond acceptors (Lipinski definition) is 5. The molecule has 3 N–H and O–H groups in total. The lowest BCUT2D eigenvalue weighted by Gasteiger charge is -2.22.